The molecule has 3 heterocycles. The molecule has 3 aliphatic rings. The maximum atomic E-state index is 13.5. The Morgan fingerprint density at radius 1 is 1.13 bits per heavy atom. The summed E-state index contributed by atoms with van der Waals surface area (Å²) in [6.45, 7) is 7.74. The summed E-state index contributed by atoms with van der Waals surface area (Å²) in [4.78, 5) is 29.8. The van der Waals surface area contributed by atoms with Crippen LogP contribution in [-0.4, -0.2) is 53.0 Å². The van der Waals surface area contributed by atoms with E-state index in [1.807, 2.05) is 0 Å². The van der Waals surface area contributed by atoms with Crippen LogP contribution in [0.4, 0.5) is 13.2 Å². The average Bonchev–Trinajstić information content (AvgIpc) is 2.95. The number of carbonyl (C=O) groups excluding carboxylic acids is 2. The molecule has 1 saturated heterocycles. The van der Waals surface area contributed by atoms with Crippen molar-refractivity contribution < 1.29 is 27.5 Å². The molecule has 1 aromatic rings. The number of alkyl halides is 3. The van der Waals surface area contributed by atoms with E-state index in [9.17, 15) is 22.8 Å². The fourth-order valence-corrected chi connectivity index (χ4v) is 4.92. The highest BCUT2D eigenvalue weighted by molar-refractivity contribution is 6.07. The zero-order valence-corrected chi connectivity index (χ0v) is 18.0. The van der Waals surface area contributed by atoms with Crippen molar-refractivity contribution in [2.45, 2.75) is 64.4 Å². The molecule has 5 nitrogen and oxygen atoms in total. The maximum Gasteiger partial charge on any atom is 0.416 e. The van der Waals surface area contributed by atoms with Gasteiger partial charge in [0.25, 0.3) is 5.91 Å². The maximum absolute atomic E-state index is 13.5. The lowest BCUT2D eigenvalue weighted by molar-refractivity contribution is -0.151. The molecule has 8 heteroatoms. The van der Waals surface area contributed by atoms with Gasteiger partial charge < -0.3 is 14.5 Å². The zero-order valence-electron chi connectivity index (χ0n) is 18.0. The minimum atomic E-state index is -4.43. The number of benzene rings is 1. The molecule has 0 aromatic heterocycles. The molecule has 3 aliphatic heterocycles. The van der Waals surface area contributed by atoms with Crippen LogP contribution in [0.25, 0.3) is 0 Å². The lowest BCUT2D eigenvalue weighted by Gasteiger charge is -2.42. The van der Waals surface area contributed by atoms with Gasteiger partial charge in [0.2, 0.25) is 0 Å². The Bertz CT molecular complexity index is 944. The van der Waals surface area contributed by atoms with Crippen LogP contribution < -0.4 is 0 Å². The van der Waals surface area contributed by atoms with E-state index in [1.165, 1.54) is 6.07 Å². The van der Waals surface area contributed by atoms with Gasteiger partial charge in [0, 0.05) is 50.6 Å². The summed E-state index contributed by atoms with van der Waals surface area (Å²) in [5.41, 5.74) is 0.377. The van der Waals surface area contributed by atoms with Crippen LogP contribution in [0.5, 0.6) is 0 Å². The van der Waals surface area contributed by atoms with E-state index in [4.69, 9.17) is 4.74 Å². The molecule has 31 heavy (non-hydrogen) atoms. The van der Waals surface area contributed by atoms with Gasteiger partial charge in [-0.1, -0.05) is 6.07 Å². The summed E-state index contributed by atoms with van der Waals surface area (Å²) in [6, 6.07) is 4.07. The van der Waals surface area contributed by atoms with Crippen LogP contribution in [-0.2, 0) is 33.5 Å². The Morgan fingerprint density at radius 2 is 1.81 bits per heavy atom. The molecule has 4 rings (SSSR count). The third-order valence-electron chi connectivity index (χ3n) is 6.81. The first-order chi connectivity index (χ1) is 14.5. The van der Waals surface area contributed by atoms with Gasteiger partial charge in [-0.3, -0.25) is 4.79 Å². The van der Waals surface area contributed by atoms with Gasteiger partial charge >= 0.3 is 12.1 Å². The molecule has 1 aromatic carbocycles. The third-order valence-corrected chi connectivity index (χ3v) is 6.81. The number of nitrogens with zero attached hydrogens (tertiary/aromatic N) is 2. The van der Waals surface area contributed by atoms with Crippen molar-refractivity contribution in [1.29, 1.82) is 0 Å². The summed E-state index contributed by atoms with van der Waals surface area (Å²) in [6.07, 6.45) is -2.87. The second-order valence-electron chi connectivity index (χ2n) is 8.97. The highest BCUT2D eigenvalue weighted by atomic mass is 19.4. The van der Waals surface area contributed by atoms with Crippen LogP contribution >= 0.6 is 0 Å². The average molecular weight is 436 g/mol. The summed E-state index contributed by atoms with van der Waals surface area (Å²) in [5, 5.41) is 0. The molecule has 0 saturated carbocycles. The highest BCUT2D eigenvalue weighted by Crippen LogP contribution is 2.42. The lowest BCUT2D eigenvalue weighted by atomic mass is 9.82. The minimum absolute atomic E-state index is 0.0945. The quantitative estimate of drug-likeness (QED) is 0.664. The molecule has 0 atom stereocenters. The van der Waals surface area contributed by atoms with E-state index in [0.717, 1.165) is 17.7 Å². The number of piperidine rings is 1. The molecule has 1 amide bonds. The number of ether oxygens (including phenoxy) is 1. The Hall–Kier alpha value is -2.35. The van der Waals surface area contributed by atoms with E-state index in [-0.39, 0.29) is 12.5 Å². The van der Waals surface area contributed by atoms with Crippen molar-refractivity contribution in [2.75, 3.05) is 19.6 Å². The van der Waals surface area contributed by atoms with E-state index in [2.05, 4.69) is 18.7 Å². The number of halogens is 3. The van der Waals surface area contributed by atoms with Crippen LogP contribution in [0, 0.1) is 0 Å². The molecule has 0 bridgehead atoms. The van der Waals surface area contributed by atoms with Crippen LogP contribution in [0.1, 0.15) is 50.3 Å². The van der Waals surface area contributed by atoms with Crippen molar-refractivity contribution in [3.63, 3.8) is 0 Å². The Labute approximate surface area is 179 Å². The predicted octanol–water partition coefficient (Wildman–Crippen LogP) is 3.71. The van der Waals surface area contributed by atoms with E-state index in [0.29, 0.717) is 61.6 Å². The summed E-state index contributed by atoms with van der Waals surface area (Å²) < 4.78 is 45.2. The molecular weight excluding hydrogens is 409 g/mol. The largest absolute Gasteiger partial charge is 0.450 e. The van der Waals surface area contributed by atoms with Gasteiger partial charge in [0.05, 0.1) is 11.1 Å². The summed E-state index contributed by atoms with van der Waals surface area (Å²) in [5.74, 6) is -0.775. The zero-order chi connectivity index (χ0) is 22.6. The molecule has 0 radical (unpaired) electrons. The predicted molar refractivity (Wildman–Crippen MR) is 108 cm³/mol. The normalized spacial score (nSPS) is 21.6. The number of hydrogen-bond acceptors (Lipinski definition) is 4. The Balaban J connectivity index is 1.59. The molecule has 0 unspecified atom stereocenters. The first kappa shape index (κ1) is 21.9. The van der Waals surface area contributed by atoms with Gasteiger partial charge in [-0.15, -0.1) is 0 Å². The van der Waals surface area contributed by atoms with Crippen molar-refractivity contribution in [1.82, 2.24) is 9.80 Å². The molecule has 1 fully saturated rings. The smallest absolute Gasteiger partial charge is 0.416 e. The Morgan fingerprint density at radius 3 is 2.42 bits per heavy atom. The SMILES string of the molecule is CC1=C(C(=O)N2CCc3ccc(C(F)(F)F)cc3C2)C2(CCN(C(C)C)CC2)OC1=O. The topological polar surface area (TPSA) is 49.9 Å². The van der Waals surface area contributed by atoms with Crippen LogP contribution in [0.15, 0.2) is 29.3 Å². The van der Waals surface area contributed by atoms with Gasteiger partial charge in [0.1, 0.15) is 5.60 Å². The van der Waals surface area contributed by atoms with Crippen molar-refractivity contribution in [2.24, 2.45) is 0 Å². The number of rotatable bonds is 2. The number of carbonyl (C=O) groups is 2. The molecule has 0 N–H and O–H groups in total. The highest BCUT2D eigenvalue weighted by Gasteiger charge is 2.52. The van der Waals surface area contributed by atoms with Crippen molar-refractivity contribution in [3.05, 3.63) is 46.0 Å². The van der Waals surface area contributed by atoms with Crippen LogP contribution in [0.3, 0.4) is 0 Å². The van der Waals surface area contributed by atoms with Gasteiger partial charge in [-0.25, -0.2) is 4.79 Å². The number of hydrogen-bond donors (Lipinski definition) is 0. The number of amides is 1. The molecule has 1 spiro atoms. The first-order valence-corrected chi connectivity index (χ1v) is 10.7. The van der Waals surface area contributed by atoms with Crippen molar-refractivity contribution in [3.8, 4) is 0 Å². The first-order valence-electron chi connectivity index (χ1n) is 10.7. The van der Waals surface area contributed by atoms with Crippen LogP contribution in [0.2, 0.25) is 0 Å². The van der Waals surface area contributed by atoms with Gasteiger partial charge in [0.15, 0.2) is 0 Å². The monoisotopic (exact) mass is 436 g/mol. The number of likely N-dealkylation sites (tertiary alicyclic amines) is 1. The number of fused-ring (bicyclic) bond motifs is 1. The van der Waals surface area contributed by atoms with Crippen molar-refractivity contribution >= 4 is 11.9 Å². The molecule has 168 valence electrons. The summed E-state index contributed by atoms with van der Waals surface area (Å²) in [7, 11) is 0. The third kappa shape index (κ3) is 3.86. The minimum Gasteiger partial charge on any atom is -0.450 e. The lowest BCUT2D eigenvalue weighted by Crippen LogP contribution is -2.51. The van der Waals surface area contributed by atoms with Gasteiger partial charge in [-0.05, 0) is 50.5 Å². The standard InChI is InChI=1S/C23H27F3N2O3/c1-14(2)27-10-7-22(8-11-27)19(15(3)21(30)31-22)20(29)28-9-6-16-4-5-18(23(24,25)26)12-17(16)13-28/h4-5,12,14H,6-11,13H2,1-3H3. The molecular formula is C23H27F3N2O3. The number of esters is 1. The van der Waals surface area contributed by atoms with E-state index < -0.39 is 23.3 Å². The van der Waals surface area contributed by atoms with E-state index >= 15 is 0 Å². The second kappa shape index (κ2) is 7.65. The summed E-state index contributed by atoms with van der Waals surface area (Å²) >= 11 is 0. The molecule has 0 aliphatic carbocycles. The van der Waals surface area contributed by atoms with Gasteiger partial charge in [-0.2, -0.15) is 13.2 Å². The Kier molecular flexibility index (Phi) is 5.40. The van der Waals surface area contributed by atoms with E-state index in [1.54, 1.807) is 11.8 Å². The fraction of sp³-hybridized carbons (Fsp3) is 0.565. The fourth-order valence-electron chi connectivity index (χ4n) is 4.92. The second-order valence-corrected chi connectivity index (χ2v) is 8.97.